The highest BCUT2D eigenvalue weighted by molar-refractivity contribution is 7.80. The number of ether oxygens (including phenoxy) is 1. The topological polar surface area (TPSA) is 12.5 Å². The molecule has 0 amide bonds. The van der Waals surface area contributed by atoms with Crippen molar-refractivity contribution in [3.05, 3.63) is 0 Å². The minimum absolute atomic E-state index is 0.0573. The molecule has 0 radical (unpaired) electrons. The molecule has 1 aliphatic rings. The fraction of sp³-hybridized carbons (Fsp3) is 1.00. The monoisotopic (exact) mass is 217 g/mol. The highest BCUT2D eigenvalue weighted by atomic mass is 32.1. The quantitative estimate of drug-likeness (QED) is 0.560. The minimum atomic E-state index is 0.0573. The highest BCUT2D eigenvalue weighted by Crippen LogP contribution is 2.16. The van der Waals surface area contributed by atoms with Gasteiger partial charge in [-0.3, -0.25) is 4.90 Å². The van der Waals surface area contributed by atoms with Crippen LogP contribution in [0.1, 0.15) is 33.1 Å². The summed E-state index contributed by atoms with van der Waals surface area (Å²) in [6.07, 6.45) is 3.86. The molecule has 0 aliphatic carbocycles. The number of morpholine rings is 1. The normalized spacial score (nSPS) is 22.5. The number of nitrogens with zero attached hydrogens (tertiary/aromatic N) is 1. The van der Waals surface area contributed by atoms with E-state index in [2.05, 4.69) is 31.4 Å². The highest BCUT2D eigenvalue weighted by Gasteiger charge is 2.26. The van der Waals surface area contributed by atoms with Gasteiger partial charge in [-0.05, 0) is 39.0 Å². The maximum atomic E-state index is 5.67. The van der Waals surface area contributed by atoms with Gasteiger partial charge in [-0.25, -0.2) is 0 Å². The van der Waals surface area contributed by atoms with Crippen molar-refractivity contribution < 1.29 is 4.74 Å². The zero-order valence-corrected chi connectivity index (χ0v) is 10.4. The van der Waals surface area contributed by atoms with Crippen LogP contribution < -0.4 is 0 Å². The summed E-state index contributed by atoms with van der Waals surface area (Å²) in [6, 6.07) is 0. The Morgan fingerprint density at radius 1 is 1.29 bits per heavy atom. The van der Waals surface area contributed by atoms with Crippen LogP contribution in [0.15, 0.2) is 0 Å². The van der Waals surface area contributed by atoms with Crippen molar-refractivity contribution in [1.29, 1.82) is 0 Å². The molecule has 0 atom stereocenters. The van der Waals surface area contributed by atoms with Gasteiger partial charge in [0.05, 0.1) is 12.2 Å². The predicted octanol–water partition coefficient (Wildman–Crippen LogP) is 2.20. The van der Waals surface area contributed by atoms with E-state index in [4.69, 9.17) is 4.74 Å². The lowest BCUT2D eigenvalue weighted by molar-refractivity contribution is -0.0860. The van der Waals surface area contributed by atoms with Crippen molar-refractivity contribution in [3.63, 3.8) is 0 Å². The van der Waals surface area contributed by atoms with E-state index in [9.17, 15) is 0 Å². The van der Waals surface area contributed by atoms with Crippen LogP contribution in [-0.2, 0) is 4.74 Å². The second-order valence-electron chi connectivity index (χ2n) is 4.67. The molecular formula is C11H23NOS. The number of rotatable bonds is 5. The maximum absolute atomic E-state index is 5.67. The molecule has 0 aromatic carbocycles. The van der Waals surface area contributed by atoms with Gasteiger partial charge in [0.2, 0.25) is 0 Å². The molecule has 1 heterocycles. The lowest BCUT2D eigenvalue weighted by Crippen LogP contribution is -2.48. The van der Waals surface area contributed by atoms with Gasteiger partial charge in [-0.2, -0.15) is 12.6 Å². The van der Waals surface area contributed by atoms with E-state index in [1.165, 1.54) is 25.8 Å². The average Bonchev–Trinajstić information content (AvgIpc) is 2.11. The van der Waals surface area contributed by atoms with Gasteiger partial charge in [0.1, 0.15) is 0 Å². The standard InChI is InChI=1S/C11H23NOS/c1-11(2)10-12(7-8-13-11)6-4-3-5-9-14/h14H,3-10H2,1-2H3. The van der Waals surface area contributed by atoms with Gasteiger partial charge < -0.3 is 4.74 Å². The third kappa shape index (κ3) is 4.67. The van der Waals surface area contributed by atoms with Crippen LogP contribution in [0, 0.1) is 0 Å². The van der Waals surface area contributed by atoms with Crippen molar-refractivity contribution in [3.8, 4) is 0 Å². The molecule has 84 valence electrons. The molecule has 0 aromatic heterocycles. The summed E-state index contributed by atoms with van der Waals surface area (Å²) in [5, 5.41) is 0. The fourth-order valence-corrected chi connectivity index (χ4v) is 2.15. The molecule has 2 nitrogen and oxygen atoms in total. The zero-order chi connectivity index (χ0) is 10.4. The molecule has 0 saturated carbocycles. The summed E-state index contributed by atoms with van der Waals surface area (Å²) in [6.45, 7) is 8.64. The largest absolute Gasteiger partial charge is 0.373 e. The third-order valence-electron chi connectivity index (χ3n) is 2.64. The van der Waals surface area contributed by atoms with Crippen LogP contribution >= 0.6 is 12.6 Å². The molecule has 0 spiro atoms. The molecule has 0 aromatic rings. The first kappa shape index (κ1) is 12.3. The predicted molar refractivity (Wildman–Crippen MR) is 64.2 cm³/mol. The molecule has 1 saturated heterocycles. The average molecular weight is 217 g/mol. The maximum Gasteiger partial charge on any atom is 0.0753 e. The van der Waals surface area contributed by atoms with Crippen molar-refractivity contribution in [2.75, 3.05) is 32.0 Å². The van der Waals surface area contributed by atoms with Crippen molar-refractivity contribution in [2.24, 2.45) is 0 Å². The summed E-state index contributed by atoms with van der Waals surface area (Å²) in [4.78, 5) is 2.52. The first-order valence-electron chi connectivity index (χ1n) is 5.61. The minimum Gasteiger partial charge on any atom is -0.373 e. The number of hydrogen-bond acceptors (Lipinski definition) is 3. The van der Waals surface area contributed by atoms with E-state index < -0.39 is 0 Å². The Morgan fingerprint density at radius 3 is 2.71 bits per heavy atom. The first-order chi connectivity index (χ1) is 6.64. The van der Waals surface area contributed by atoms with Crippen molar-refractivity contribution >= 4 is 12.6 Å². The Hall–Kier alpha value is 0.270. The van der Waals surface area contributed by atoms with E-state index in [1.54, 1.807) is 0 Å². The zero-order valence-electron chi connectivity index (χ0n) is 9.46. The summed E-state index contributed by atoms with van der Waals surface area (Å²) < 4.78 is 5.67. The first-order valence-corrected chi connectivity index (χ1v) is 6.24. The van der Waals surface area contributed by atoms with Crippen LogP contribution in [0.3, 0.4) is 0 Å². The summed E-state index contributed by atoms with van der Waals surface area (Å²) in [5.74, 6) is 1.02. The van der Waals surface area contributed by atoms with E-state index >= 15 is 0 Å². The SMILES string of the molecule is CC1(C)CN(CCCCCS)CCO1. The van der Waals surface area contributed by atoms with Crippen LogP contribution in [0.5, 0.6) is 0 Å². The third-order valence-corrected chi connectivity index (χ3v) is 2.95. The van der Waals surface area contributed by atoms with Crippen LogP contribution in [-0.4, -0.2) is 42.5 Å². The molecule has 1 aliphatic heterocycles. The van der Waals surface area contributed by atoms with E-state index in [0.717, 1.165) is 25.4 Å². The van der Waals surface area contributed by atoms with Gasteiger partial charge in [-0.1, -0.05) is 6.42 Å². The van der Waals surface area contributed by atoms with E-state index in [-0.39, 0.29) is 5.60 Å². The van der Waals surface area contributed by atoms with Gasteiger partial charge in [0.25, 0.3) is 0 Å². The molecular weight excluding hydrogens is 194 g/mol. The molecule has 0 bridgehead atoms. The Balaban J connectivity index is 2.12. The van der Waals surface area contributed by atoms with Gasteiger partial charge in [0, 0.05) is 13.1 Å². The molecule has 0 unspecified atom stereocenters. The van der Waals surface area contributed by atoms with E-state index in [0.29, 0.717) is 0 Å². The van der Waals surface area contributed by atoms with Crippen LogP contribution in [0.25, 0.3) is 0 Å². The fourth-order valence-electron chi connectivity index (χ4n) is 1.93. The molecule has 3 heteroatoms. The van der Waals surface area contributed by atoms with Crippen molar-refractivity contribution in [2.45, 2.75) is 38.7 Å². The Kier molecular flexibility index (Phi) is 5.28. The Morgan fingerprint density at radius 2 is 2.07 bits per heavy atom. The van der Waals surface area contributed by atoms with Gasteiger partial charge in [-0.15, -0.1) is 0 Å². The van der Waals surface area contributed by atoms with Gasteiger partial charge >= 0.3 is 0 Å². The lowest BCUT2D eigenvalue weighted by Gasteiger charge is -2.38. The molecule has 0 N–H and O–H groups in total. The lowest BCUT2D eigenvalue weighted by atomic mass is 10.1. The number of thiol groups is 1. The second-order valence-corrected chi connectivity index (χ2v) is 5.12. The number of unbranched alkanes of at least 4 members (excludes halogenated alkanes) is 2. The Labute approximate surface area is 93.4 Å². The van der Waals surface area contributed by atoms with Crippen LogP contribution in [0.4, 0.5) is 0 Å². The molecule has 1 fully saturated rings. The summed E-state index contributed by atoms with van der Waals surface area (Å²) >= 11 is 4.21. The molecule has 1 rings (SSSR count). The molecule has 14 heavy (non-hydrogen) atoms. The summed E-state index contributed by atoms with van der Waals surface area (Å²) in [7, 11) is 0. The second kappa shape index (κ2) is 5.99. The summed E-state index contributed by atoms with van der Waals surface area (Å²) in [5.41, 5.74) is 0.0573. The van der Waals surface area contributed by atoms with E-state index in [1.807, 2.05) is 0 Å². The Bertz CT molecular complexity index is 161. The van der Waals surface area contributed by atoms with Crippen LogP contribution in [0.2, 0.25) is 0 Å². The smallest absolute Gasteiger partial charge is 0.0753 e. The van der Waals surface area contributed by atoms with Crippen molar-refractivity contribution in [1.82, 2.24) is 4.90 Å². The number of hydrogen-bond donors (Lipinski definition) is 1. The van der Waals surface area contributed by atoms with Gasteiger partial charge in [0.15, 0.2) is 0 Å².